The lowest BCUT2D eigenvalue weighted by molar-refractivity contribution is -0.346. The van der Waals surface area contributed by atoms with E-state index in [1.165, 1.54) is 19.1 Å². The fourth-order valence-electron chi connectivity index (χ4n) is 12.5. The highest BCUT2D eigenvalue weighted by Crippen LogP contribution is 2.64. The number of Topliss-reactive ketones (excluding diaryl/α,β-unsaturated/α-hetero) is 1. The molecule has 2 saturated carbocycles. The summed E-state index contributed by atoms with van der Waals surface area (Å²) in [6.07, 6.45) is 17.7. The molecule has 1 saturated heterocycles. The number of aliphatic hydroxyl groups is 2. The zero-order valence-corrected chi connectivity index (χ0v) is 50.6. The molecule has 1 heterocycles. The number of hydrogen-bond donors (Lipinski definition) is 3. The Hall–Kier alpha value is -7.79. The zero-order valence-electron chi connectivity index (χ0n) is 50.6. The van der Waals surface area contributed by atoms with E-state index in [1.807, 2.05) is 13.0 Å². The number of fused-ring (bicyclic) bond motifs is 5. The average molecular weight is 1180 g/mol. The number of carbonyl (C=O) groups excluding carboxylic acids is 7. The molecule has 3 aromatic carbocycles. The normalized spacial score (nSPS) is 26.9. The van der Waals surface area contributed by atoms with E-state index in [0.717, 1.165) is 51.5 Å². The number of nitrogens with one attached hydrogen (secondary N) is 1. The molecule has 1 aliphatic heterocycles. The molecule has 11 atom stereocenters. The fourth-order valence-corrected chi connectivity index (χ4v) is 12.5. The van der Waals surface area contributed by atoms with Crippen LogP contribution in [0.1, 0.15) is 152 Å². The van der Waals surface area contributed by atoms with Gasteiger partial charge in [0.15, 0.2) is 17.5 Å². The van der Waals surface area contributed by atoms with Crippen LogP contribution in [0.2, 0.25) is 0 Å². The van der Waals surface area contributed by atoms with Crippen molar-refractivity contribution in [1.82, 2.24) is 5.32 Å². The van der Waals surface area contributed by atoms with E-state index in [-0.39, 0.29) is 48.1 Å². The third-order valence-electron chi connectivity index (χ3n) is 17.2. The first-order valence-electron chi connectivity index (χ1n) is 29.7. The number of allylic oxidation sites excluding steroid dienone is 12. The maximum atomic E-state index is 15.9. The highest BCUT2D eigenvalue weighted by molar-refractivity contribution is 5.96. The number of benzene rings is 3. The third-order valence-corrected chi connectivity index (χ3v) is 17.2. The molecule has 3 fully saturated rings. The lowest BCUT2D eigenvalue weighted by Gasteiger charge is -2.67. The highest BCUT2D eigenvalue weighted by Gasteiger charge is 2.78. The van der Waals surface area contributed by atoms with Gasteiger partial charge in [-0.05, 0) is 107 Å². The van der Waals surface area contributed by atoms with E-state index in [1.54, 1.807) is 99.6 Å². The van der Waals surface area contributed by atoms with Crippen molar-refractivity contribution in [2.24, 2.45) is 16.7 Å². The number of hydrogen-bond acceptors (Lipinski definition) is 15. The van der Waals surface area contributed by atoms with Gasteiger partial charge < -0.3 is 44.0 Å². The topological polar surface area (TPSA) is 227 Å². The Labute approximate surface area is 505 Å². The summed E-state index contributed by atoms with van der Waals surface area (Å²) in [4.78, 5) is 101. The van der Waals surface area contributed by atoms with Crippen molar-refractivity contribution >= 4 is 41.5 Å². The average Bonchev–Trinajstić information content (AvgIpc) is 0.673. The van der Waals surface area contributed by atoms with Gasteiger partial charge >= 0.3 is 29.8 Å². The number of carbonyl (C=O) groups is 7. The van der Waals surface area contributed by atoms with Gasteiger partial charge in [0.05, 0.1) is 29.6 Å². The monoisotopic (exact) mass is 1180 g/mol. The minimum Gasteiger partial charge on any atom is -0.455 e. The molecular formula is C70H83NO15. The molecule has 3 aromatic rings. The predicted octanol–water partition coefficient (Wildman–Crippen LogP) is 11.2. The molecule has 0 spiro atoms. The van der Waals surface area contributed by atoms with Gasteiger partial charge in [-0.3, -0.25) is 24.0 Å². The number of rotatable bonds is 25. The molecule has 0 aromatic heterocycles. The second-order valence-electron chi connectivity index (χ2n) is 23.3. The summed E-state index contributed by atoms with van der Waals surface area (Å²) in [5.41, 5.74) is -6.34. The number of amides is 1. The van der Waals surface area contributed by atoms with E-state index in [2.05, 4.69) is 73.0 Å². The standard InChI is InChI=1S/C70H83NO15/c1-9-10-11-12-13-14-15-16-17-18-19-20-21-22-26-34-46(2)35-33-42-56(75)84-60(58(50-36-27-23-28-37-50)71-64(77)51-38-29-24-30-39-51)66(79)83-53-44-70(80)63(85-65(78)52-40-31-25-32-41-52)61-68(8,54(74)43-55-69(61,45-81-55)86-49(5)73)62(76)59(82-48(4)72)57(47(53)3)67(70,6)7/h10-11,13-14,16-17,19-20,22-32,35-41,53-55,58-61,63,74,80H,9,12,15,18,21,33-34,42-45H2,1-8H3,(H,71,77)/b11-10-,14-13-,17-16-,20-19-,26-22-,46-35-/t53-,54-,55+,58-,59+,60+,61-,63-,68+,69-,70+/m0/s1. The molecule has 3 N–H and O–H groups in total. The van der Waals surface area contributed by atoms with Crippen LogP contribution in [-0.2, 0) is 52.4 Å². The smallest absolute Gasteiger partial charge is 0.350 e. The van der Waals surface area contributed by atoms with Crippen LogP contribution in [0.3, 0.4) is 0 Å². The molecule has 4 aliphatic rings. The van der Waals surface area contributed by atoms with E-state index < -0.39 is 119 Å². The van der Waals surface area contributed by atoms with Gasteiger partial charge in [0.25, 0.3) is 5.91 Å². The lowest BCUT2D eigenvalue weighted by Crippen LogP contribution is -2.82. The van der Waals surface area contributed by atoms with Crippen LogP contribution in [0, 0.1) is 16.7 Å². The molecular weight excluding hydrogens is 1090 g/mol. The molecule has 2 bridgehead atoms. The summed E-state index contributed by atoms with van der Waals surface area (Å²) in [7, 11) is 0. The Kier molecular flexibility index (Phi) is 22.6. The van der Waals surface area contributed by atoms with E-state index in [9.17, 15) is 34.2 Å². The van der Waals surface area contributed by atoms with Crippen molar-refractivity contribution in [2.75, 3.05) is 6.61 Å². The number of aliphatic hydroxyl groups excluding tert-OH is 1. The molecule has 16 nitrogen and oxygen atoms in total. The molecule has 86 heavy (non-hydrogen) atoms. The van der Waals surface area contributed by atoms with Gasteiger partial charge in [-0.15, -0.1) is 0 Å². The SMILES string of the molecule is CC/C=C\C/C=C\C/C=C\C/C=C\C/C=C\C/C(C)=C\CCC(=O)O[C@@H](C(=O)O[C@H]1C[C@@]2(O)[C@@H](OC(=O)c3ccccc3)[C@@H]3[C@]4(OC(C)=O)CO[C@@H]4C[C@H](O)[C@@]3(C)C(=O)[C@H](OC(C)=O)C(=C1C)C2(C)C)[C@@H](NC(=O)c1ccccc1)c1ccccc1. The van der Waals surface area contributed by atoms with Crippen LogP contribution in [0.4, 0.5) is 0 Å². The van der Waals surface area contributed by atoms with Crippen LogP contribution in [0.15, 0.2) is 175 Å². The molecule has 7 rings (SSSR count). The van der Waals surface area contributed by atoms with E-state index >= 15 is 9.59 Å². The Morgan fingerprint density at radius 1 is 0.733 bits per heavy atom. The summed E-state index contributed by atoms with van der Waals surface area (Å²) in [5.74, 6) is -7.73. The summed E-state index contributed by atoms with van der Waals surface area (Å²) in [6, 6.07) is 23.1. The zero-order chi connectivity index (χ0) is 62.2. The molecule has 0 radical (unpaired) electrons. The first-order valence-corrected chi connectivity index (χ1v) is 29.7. The van der Waals surface area contributed by atoms with Crippen LogP contribution in [0.5, 0.6) is 0 Å². The number of ether oxygens (including phenoxy) is 6. The van der Waals surface area contributed by atoms with Crippen molar-refractivity contribution in [1.29, 1.82) is 0 Å². The molecule has 3 aliphatic carbocycles. The van der Waals surface area contributed by atoms with Crippen molar-refractivity contribution in [2.45, 2.75) is 173 Å². The molecule has 1 amide bonds. The van der Waals surface area contributed by atoms with Gasteiger partial charge in [-0.1, -0.05) is 160 Å². The Balaban J connectivity index is 1.22. The van der Waals surface area contributed by atoms with Crippen molar-refractivity contribution in [3.8, 4) is 0 Å². The minimum atomic E-state index is -2.46. The largest absolute Gasteiger partial charge is 0.455 e. The van der Waals surface area contributed by atoms with Gasteiger partial charge in [-0.25, -0.2) is 9.59 Å². The van der Waals surface area contributed by atoms with Gasteiger partial charge in [0.1, 0.15) is 30.0 Å². The predicted molar refractivity (Wildman–Crippen MR) is 324 cm³/mol. The second-order valence-corrected chi connectivity index (χ2v) is 23.3. The first kappa shape index (κ1) is 65.7. The number of esters is 5. The number of ketones is 1. The highest BCUT2D eigenvalue weighted by atomic mass is 16.6. The summed E-state index contributed by atoms with van der Waals surface area (Å²) in [6.45, 7) is 12.1. The maximum absolute atomic E-state index is 15.9. The van der Waals surface area contributed by atoms with E-state index in [0.29, 0.717) is 12.0 Å². The summed E-state index contributed by atoms with van der Waals surface area (Å²) in [5, 5.41) is 29.3. The minimum absolute atomic E-state index is 0.0253. The van der Waals surface area contributed by atoms with Crippen molar-refractivity contribution < 1.29 is 72.2 Å². The Morgan fingerprint density at radius 3 is 1.84 bits per heavy atom. The Morgan fingerprint density at radius 2 is 1.29 bits per heavy atom. The van der Waals surface area contributed by atoms with Crippen LogP contribution in [0.25, 0.3) is 0 Å². The molecule has 16 heteroatoms. The van der Waals surface area contributed by atoms with Crippen molar-refractivity contribution in [3.05, 3.63) is 191 Å². The first-order chi connectivity index (χ1) is 41.1. The maximum Gasteiger partial charge on any atom is 0.350 e. The van der Waals surface area contributed by atoms with Crippen LogP contribution < -0.4 is 5.32 Å². The van der Waals surface area contributed by atoms with Gasteiger partial charge in [0, 0.05) is 44.1 Å². The van der Waals surface area contributed by atoms with Crippen LogP contribution in [-0.4, -0.2) is 106 Å². The summed E-state index contributed by atoms with van der Waals surface area (Å²) >= 11 is 0. The molecule has 0 unspecified atom stereocenters. The lowest BCUT2D eigenvalue weighted by atomic mass is 9.44. The molecule has 458 valence electrons. The van der Waals surface area contributed by atoms with Crippen LogP contribution >= 0.6 is 0 Å². The third kappa shape index (κ3) is 14.9. The van der Waals surface area contributed by atoms with E-state index in [4.69, 9.17) is 28.4 Å². The Bertz CT molecular complexity index is 3120. The fraction of sp³-hybridized carbons (Fsp3) is 0.443. The van der Waals surface area contributed by atoms with Gasteiger partial charge in [0.2, 0.25) is 6.10 Å². The van der Waals surface area contributed by atoms with Crippen molar-refractivity contribution in [3.63, 3.8) is 0 Å². The van der Waals surface area contributed by atoms with Gasteiger partial charge in [-0.2, -0.15) is 0 Å². The quantitative estimate of drug-likeness (QED) is 0.0407. The second kappa shape index (κ2) is 29.5. The summed E-state index contributed by atoms with van der Waals surface area (Å²) < 4.78 is 37.3.